The summed E-state index contributed by atoms with van der Waals surface area (Å²) < 4.78 is 0. The number of imide groups is 1. The van der Waals surface area contributed by atoms with Crippen LogP contribution in [0.25, 0.3) is 10.9 Å². The van der Waals surface area contributed by atoms with E-state index < -0.39 is 48.0 Å². The van der Waals surface area contributed by atoms with Crippen molar-refractivity contribution in [2.75, 3.05) is 4.90 Å². The fourth-order valence-electron chi connectivity index (χ4n) is 5.86. The number of carboxylic acid groups (broad SMARTS) is 1. The molecule has 6 rings (SSSR count). The second kappa shape index (κ2) is 9.90. The number of para-hydroxylation sites is 2. The van der Waals surface area contributed by atoms with Gasteiger partial charge in [-0.25, -0.2) is 14.5 Å². The Morgan fingerprint density at radius 1 is 1.00 bits per heavy atom. The Labute approximate surface area is 235 Å². The number of fused-ring (bicyclic) bond motifs is 4. The number of nitrogens with one attached hydrogen (secondary N) is 2. The average molecular weight is 553 g/mol. The molecule has 208 valence electrons. The second-order valence-corrected chi connectivity index (χ2v) is 10.5. The predicted octanol–water partition coefficient (Wildman–Crippen LogP) is 3.52. The van der Waals surface area contributed by atoms with Gasteiger partial charge in [-0.05, 0) is 43.2 Å². The van der Waals surface area contributed by atoms with Gasteiger partial charge in [-0.1, -0.05) is 60.2 Å². The summed E-state index contributed by atoms with van der Waals surface area (Å²) in [4.78, 5) is 59.1. The van der Waals surface area contributed by atoms with Crippen LogP contribution in [0.2, 0.25) is 0 Å². The Hall–Kier alpha value is -4.96. The van der Waals surface area contributed by atoms with Crippen LogP contribution in [0.15, 0.2) is 72.8 Å². The molecular weight excluding hydrogens is 524 g/mol. The Morgan fingerprint density at radius 3 is 2.39 bits per heavy atom. The highest BCUT2D eigenvalue weighted by Crippen LogP contribution is 2.45. The van der Waals surface area contributed by atoms with Crippen LogP contribution in [0.3, 0.4) is 0 Å². The molecule has 1 aromatic heterocycles. The maximum Gasteiger partial charge on any atom is 0.332 e. The lowest BCUT2D eigenvalue weighted by atomic mass is 9.88. The number of carbonyl (C=O) groups is 4. The number of benzene rings is 3. The minimum atomic E-state index is -1.57. The number of anilines is 1. The monoisotopic (exact) mass is 552 g/mol. The maximum absolute atomic E-state index is 14.2. The standard InChI is InChI=1S/C31H28N4O6/c1-16-11-13-18(14-12-16)27-26-21(19-7-3-5-9-22(19)32-26)15-24-29(38)35(31(41)34(24)27)23-10-6-4-8-20(23)28(37)33-25(17(2)36)30(39)40/h3-14,17,24-25,27,32,36H,15H2,1-2H3,(H,33,37)(H,39,40)/t17?,24-,25-,27?/m0/s1. The van der Waals surface area contributed by atoms with Crippen LogP contribution in [0.4, 0.5) is 10.5 Å². The number of aliphatic carboxylic acids is 1. The van der Waals surface area contributed by atoms with Gasteiger partial charge in [0, 0.05) is 23.0 Å². The number of carbonyl (C=O) groups excluding carboxylic acids is 3. The summed E-state index contributed by atoms with van der Waals surface area (Å²) in [6.45, 7) is 3.22. The van der Waals surface area contributed by atoms with E-state index in [1.54, 1.807) is 17.0 Å². The van der Waals surface area contributed by atoms with E-state index in [0.717, 1.165) is 38.2 Å². The van der Waals surface area contributed by atoms with Crippen LogP contribution in [0.5, 0.6) is 0 Å². The number of urea groups is 1. The van der Waals surface area contributed by atoms with Gasteiger partial charge >= 0.3 is 12.0 Å². The number of H-pyrrole nitrogens is 1. The summed E-state index contributed by atoms with van der Waals surface area (Å²) in [7, 11) is 0. The molecule has 4 atom stereocenters. The third-order valence-corrected chi connectivity index (χ3v) is 7.87. The number of aryl methyl sites for hydroxylation is 1. The zero-order chi connectivity index (χ0) is 29.0. The molecule has 0 aliphatic carbocycles. The molecule has 1 fully saturated rings. The number of aromatic amines is 1. The lowest BCUT2D eigenvalue weighted by Crippen LogP contribution is -2.48. The predicted molar refractivity (Wildman–Crippen MR) is 151 cm³/mol. The quantitative estimate of drug-likeness (QED) is 0.270. The molecule has 2 aliphatic rings. The van der Waals surface area contributed by atoms with Crippen molar-refractivity contribution in [2.45, 2.75) is 44.5 Å². The zero-order valence-corrected chi connectivity index (χ0v) is 22.4. The van der Waals surface area contributed by atoms with Crippen molar-refractivity contribution in [3.63, 3.8) is 0 Å². The van der Waals surface area contributed by atoms with Crippen LogP contribution in [0, 0.1) is 6.92 Å². The van der Waals surface area contributed by atoms with Gasteiger partial charge in [0.25, 0.3) is 11.8 Å². The first kappa shape index (κ1) is 26.3. The smallest absolute Gasteiger partial charge is 0.332 e. The summed E-state index contributed by atoms with van der Waals surface area (Å²) in [5.74, 6) is -2.72. The molecule has 4 N–H and O–H groups in total. The molecule has 4 amide bonds. The van der Waals surface area contributed by atoms with Crippen molar-refractivity contribution >= 4 is 40.4 Å². The summed E-state index contributed by atoms with van der Waals surface area (Å²) in [6, 6.07) is 18.1. The van der Waals surface area contributed by atoms with Crippen molar-refractivity contribution in [1.29, 1.82) is 0 Å². The van der Waals surface area contributed by atoms with Crippen molar-refractivity contribution in [2.24, 2.45) is 0 Å². The number of aromatic nitrogens is 1. The van der Waals surface area contributed by atoms with Gasteiger partial charge in [0.15, 0.2) is 6.04 Å². The summed E-state index contributed by atoms with van der Waals surface area (Å²) in [6.07, 6.45) is -1.08. The van der Waals surface area contributed by atoms with E-state index in [0.29, 0.717) is 6.42 Å². The molecule has 41 heavy (non-hydrogen) atoms. The van der Waals surface area contributed by atoms with Gasteiger partial charge in [-0.3, -0.25) is 14.5 Å². The molecule has 10 nitrogen and oxygen atoms in total. The number of amides is 4. The molecule has 3 aromatic carbocycles. The summed E-state index contributed by atoms with van der Waals surface area (Å²) in [5, 5.41) is 22.6. The van der Waals surface area contributed by atoms with Crippen LogP contribution < -0.4 is 10.2 Å². The van der Waals surface area contributed by atoms with Gasteiger partial charge < -0.3 is 20.5 Å². The van der Waals surface area contributed by atoms with E-state index in [4.69, 9.17) is 0 Å². The third kappa shape index (κ3) is 4.23. The first-order chi connectivity index (χ1) is 19.7. The number of rotatable bonds is 6. The van der Waals surface area contributed by atoms with E-state index in [2.05, 4.69) is 10.3 Å². The maximum atomic E-state index is 14.2. The lowest BCUT2D eigenvalue weighted by Gasteiger charge is -2.36. The minimum Gasteiger partial charge on any atom is -0.480 e. The first-order valence-electron chi connectivity index (χ1n) is 13.3. The van der Waals surface area contributed by atoms with Crippen LogP contribution in [-0.4, -0.2) is 62.1 Å². The zero-order valence-electron chi connectivity index (χ0n) is 22.4. The van der Waals surface area contributed by atoms with E-state index in [9.17, 15) is 29.4 Å². The molecule has 2 unspecified atom stereocenters. The molecular formula is C31H28N4O6. The average Bonchev–Trinajstić information content (AvgIpc) is 3.45. The lowest BCUT2D eigenvalue weighted by molar-refractivity contribution is -0.141. The van der Waals surface area contributed by atoms with Gasteiger partial charge in [-0.2, -0.15) is 0 Å². The van der Waals surface area contributed by atoms with Gasteiger partial charge in [0.05, 0.1) is 17.4 Å². The highest BCUT2D eigenvalue weighted by Gasteiger charge is 2.53. The van der Waals surface area contributed by atoms with E-state index in [1.165, 1.54) is 19.1 Å². The van der Waals surface area contributed by atoms with Crippen molar-refractivity contribution in [3.8, 4) is 0 Å². The van der Waals surface area contributed by atoms with Crippen LogP contribution >= 0.6 is 0 Å². The molecule has 2 aliphatic heterocycles. The molecule has 0 spiro atoms. The number of nitrogens with zero attached hydrogens (tertiary/aromatic N) is 2. The van der Waals surface area contributed by atoms with Crippen LogP contribution in [-0.2, 0) is 16.0 Å². The van der Waals surface area contributed by atoms with E-state index in [-0.39, 0.29) is 11.3 Å². The Balaban J connectivity index is 1.44. The molecule has 4 aromatic rings. The Bertz CT molecular complexity index is 1710. The number of carboxylic acids is 1. The number of hydrogen-bond donors (Lipinski definition) is 4. The fraction of sp³-hybridized carbons (Fsp3) is 0.226. The van der Waals surface area contributed by atoms with E-state index >= 15 is 0 Å². The van der Waals surface area contributed by atoms with Gasteiger partial charge in [-0.15, -0.1) is 0 Å². The molecule has 0 bridgehead atoms. The Morgan fingerprint density at radius 2 is 1.68 bits per heavy atom. The molecule has 10 heteroatoms. The van der Waals surface area contributed by atoms with Gasteiger partial charge in [0.2, 0.25) is 0 Å². The van der Waals surface area contributed by atoms with Crippen molar-refractivity contribution < 1.29 is 29.4 Å². The molecule has 0 radical (unpaired) electrons. The highest BCUT2D eigenvalue weighted by molar-refractivity contribution is 6.24. The third-order valence-electron chi connectivity index (χ3n) is 7.87. The van der Waals surface area contributed by atoms with Crippen molar-refractivity contribution in [1.82, 2.24) is 15.2 Å². The number of hydrogen-bond acceptors (Lipinski definition) is 5. The fourth-order valence-corrected chi connectivity index (χ4v) is 5.86. The Kier molecular flexibility index (Phi) is 6.34. The molecule has 0 saturated carbocycles. The SMILES string of the molecule is Cc1ccc(C2c3[nH]c4ccccc4c3C[C@H]3C(=O)N(c4ccccc4C(=O)N[C@H](C(=O)O)C(C)O)C(=O)N23)cc1. The number of aliphatic hydroxyl groups is 1. The second-order valence-electron chi connectivity index (χ2n) is 10.5. The normalized spacial score (nSPS) is 19.6. The summed E-state index contributed by atoms with van der Waals surface area (Å²) >= 11 is 0. The van der Waals surface area contributed by atoms with Gasteiger partial charge in [0.1, 0.15) is 12.1 Å². The largest absolute Gasteiger partial charge is 0.480 e. The summed E-state index contributed by atoms with van der Waals surface area (Å²) in [5.41, 5.74) is 4.59. The topological polar surface area (TPSA) is 143 Å². The molecule has 1 saturated heterocycles. The molecule has 3 heterocycles. The van der Waals surface area contributed by atoms with Crippen molar-refractivity contribution in [3.05, 3.63) is 101 Å². The number of aliphatic hydroxyl groups excluding tert-OH is 1. The first-order valence-corrected chi connectivity index (χ1v) is 13.3. The minimum absolute atomic E-state index is 0.0420. The van der Waals surface area contributed by atoms with E-state index in [1.807, 2.05) is 55.5 Å². The van der Waals surface area contributed by atoms with Crippen LogP contribution in [0.1, 0.15) is 45.7 Å². The highest BCUT2D eigenvalue weighted by atomic mass is 16.4.